The fraction of sp³-hybridized carbons (Fsp3) is 0.308. The van der Waals surface area contributed by atoms with Crippen molar-refractivity contribution in [3.05, 3.63) is 70.2 Å². The number of aromatic nitrogens is 2. The molecule has 8 nitrogen and oxygen atoms in total. The maximum absolute atomic E-state index is 12.1. The van der Waals surface area contributed by atoms with E-state index in [9.17, 15) is 9.59 Å². The molecule has 36 heavy (non-hydrogen) atoms. The van der Waals surface area contributed by atoms with E-state index in [4.69, 9.17) is 33.0 Å². The summed E-state index contributed by atoms with van der Waals surface area (Å²) >= 11 is 12.2. The molecule has 0 bridgehead atoms. The highest BCUT2D eigenvalue weighted by Crippen LogP contribution is 2.29. The largest absolute Gasteiger partial charge is 0.481 e. The van der Waals surface area contributed by atoms with Gasteiger partial charge in [0.05, 0.1) is 23.2 Å². The van der Waals surface area contributed by atoms with Gasteiger partial charge in [-0.3, -0.25) is 9.59 Å². The van der Waals surface area contributed by atoms with Crippen LogP contribution in [0.5, 0.6) is 5.88 Å². The Morgan fingerprint density at radius 2 is 1.78 bits per heavy atom. The lowest BCUT2D eigenvalue weighted by Crippen LogP contribution is -2.29. The summed E-state index contributed by atoms with van der Waals surface area (Å²) in [6.45, 7) is 4.71. The Labute approximate surface area is 220 Å². The lowest BCUT2D eigenvalue weighted by molar-refractivity contribution is -0.136. The minimum atomic E-state index is -0.957. The van der Waals surface area contributed by atoms with Gasteiger partial charge >= 0.3 is 5.97 Å². The van der Waals surface area contributed by atoms with Gasteiger partial charge in [0.2, 0.25) is 5.88 Å². The monoisotopic (exact) mass is 530 g/mol. The van der Waals surface area contributed by atoms with Gasteiger partial charge in [-0.1, -0.05) is 37.0 Å². The summed E-state index contributed by atoms with van der Waals surface area (Å²) in [5.74, 6) is -0.452. The number of carboxylic acid groups (broad SMARTS) is 1. The molecule has 1 heterocycles. The van der Waals surface area contributed by atoms with Crippen molar-refractivity contribution in [2.24, 2.45) is 5.92 Å². The van der Waals surface area contributed by atoms with E-state index in [1.807, 2.05) is 12.1 Å². The van der Waals surface area contributed by atoms with E-state index in [2.05, 4.69) is 34.7 Å². The van der Waals surface area contributed by atoms with E-state index in [0.29, 0.717) is 39.7 Å². The number of rotatable bonds is 12. The van der Waals surface area contributed by atoms with Crippen molar-refractivity contribution in [1.82, 2.24) is 15.5 Å². The zero-order valence-corrected chi connectivity index (χ0v) is 21.5. The molecule has 0 fully saturated rings. The maximum Gasteiger partial charge on any atom is 0.305 e. The van der Waals surface area contributed by atoms with E-state index < -0.39 is 5.97 Å². The van der Waals surface area contributed by atoms with Gasteiger partial charge in [-0.25, -0.2) is 0 Å². The number of nitrogens with zero attached hydrogens (tertiary/aromatic N) is 2. The second-order valence-corrected chi connectivity index (χ2v) is 9.48. The number of hydrogen-bond acceptors (Lipinski definition) is 6. The molecule has 0 saturated heterocycles. The number of halogens is 2. The molecule has 3 rings (SSSR count). The third kappa shape index (κ3) is 8.39. The van der Waals surface area contributed by atoms with Crippen molar-refractivity contribution >= 4 is 40.8 Å². The average molecular weight is 531 g/mol. The molecule has 2 aromatic carbocycles. The van der Waals surface area contributed by atoms with Crippen LogP contribution in [0.25, 0.3) is 11.3 Å². The molecule has 0 saturated carbocycles. The lowest BCUT2D eigenvalue weighted by Gasteiger charge is -2.22. The van der Waals surface area contributed by atoms with Crippen LogP contribution in [0.2, 0.25) is 10.0 Å². The summed E-state index contributed by atoms with van der Waals surface area (Å²) < 4.78 is 5.90. The van der Waals surface area contributed by atoms with Gasteiger partial charge in [0.25, 0.3) is 5.91 Å². The third-order valence-electron chi connectivity index (χ3n) is 5.18. The van der Waals surface area contributed by atoms with Crippen LogP contribution in [-0.4, -0.2) is 46.4 Å². The van der Waals surface area contributed by atoms with Gasteiger partial charge in [0.15, 0.2) is 0 Å². The Bertz CT molecular complexity index is 1170. The molecule has 10 heteroatoms. The number of amides is 1. The summed E-state index contributed by atoms with van der Waals surface area (Å²) in [5.41, 5.74) is 2.65. The van der Waals surface area contributed by atoms with Gasteiger partial charge in [0, 0.05) is 34.4 Å². The van der Waals surface area contributed by atoms with Crippen molar-refractivity contribution in [3.63, 3.8) is 0 Å². The molecule has 0 unspecified atom stereocenters. The van der Waals surface area contributed by atoms with Crippen LogP contribution >= 0.6 is 23.2 Å². The number of hydrogen-bond donors (Lipinski definition) is 3. The highest BCUT2D eigenvalue weighted by molar-refractivity contribution is 6.36. The number of ether oxygens (including phenoxy) is 1. The second-order valence-electron chi connectivity index (χ2n) is 8.64. The van der Waals surface area contributed by atoms with E-state index in [1.165, 1.54) is 0 Å². The van der Waals surface area contributed by atoms with Crippen LogP contribution in [0, 0.1) is 5.92 Å². The number of aliphatic carboxylic acids is 1. The van der Waals surface area contributed by atoms with Crippen LogP contribution < -0.4 is 15.4 Å². The van der Waals surface area contributed by atoms with Gasteiger partial charge in [-0.15, -0.1) is 10.2 Å². The van der Waals surface area contributed by atoms with Crippen molar-refractivity contribution in [2.45, 2.75) is 32.7 Å². The molecule has 3 N–H and O–H groups in total. The first-order valence-electron chi connectivity index (χ1n) is 11.5. The fourth-order valence-electron chi connectivity index (χ4n) is 3.50. The maximum atomic E-state index is 12.1. The Morgan fingerprint density at radius 1 is 1.03 bits per heavy atom. The zero-order chi connectivity index (χ0) is 26.1. The van der Waals surface area contributed by atoms with Crippen LogP contribution in [0.15, 0.2) is 54.6 Å². The molecule has 1 atom stereocenters. The van der Waals surface area contributed by atoms with E-state index >= 15 is 0 Å². The molecule has 3 aromatic rings. The summed E-state index contributed by atoms with van der Waals surface area (Å²) in [6, 6.07) is 15.7. The molecular weight excluding hydrogens is 503 g/mol. The van der Waals surface area contributed by atoms with Gasteiger partial charge in [0.1, 0.15) is 6.61 Å². The molecule has 1 amide bonds. The van der Waals surface area contributed by atoms with Crippen molar-refractivity contribution in [2.75, 3.05) is 18.5 Å². The van der Waals surface area contributed by atoms with Crippen LogP contribution in [0.3, 0.4) is 0 Å². The Balaban J connectivity index is 1.58. The smallest absolute Gasteiger partial charge is 0.305 e. The summed E-state index contributed by atoms with van der Waals surface area (Å²) in [7, 11) is 0. The number of nitrogens with one attached hydrogen (secondary N) is 2. The van der Waals surface area contributed by atoms with Crippen molar-refractivity contribution in [3.8, 4) is 17.1 Å². The predicted molar refractivity (Wildman–Crippen MR) is 141 cm³/mol. The van der Waals surface area contributed by atoms with E-state index in [1.54, 1.807) is 42.5 Å². The van der Waals surface area contributed by atoms with Gasteiger partial charge in [-0.05, 0) is 60.9 Å². The first-order chi connectivity index (χ1) is 17.2. The van der Waals surface area contributed by atoms with Crippen LogP contribution in [0.1, 0.15) is 37.0 Å². The molecule has 0 aliphatic carbocycles. The average Bonchev–Trinajstić information content (AvgIpc) is 2.83. The molecule has 190 valence electrons. The Hall–Kier alpha value is -3.36. The fourth-order valence-corrected chi connectivity index (χ4v) is 4.01. The third-order valence-corrected chi connectivity index (χ3v) is 5.73. The molecule has 0 aliphatic heterocycles. The summed E-state index contributed by atoms with van der Waals surface area (Å²) in [4.78, 5) is 22.7. The predicted octanol–water partition coefficient (Wildman–Crippen LogP) is 5.56. The number of carbonyl (C=O) groups excluding carboxylic acids is 1. The highest BCUT2D eigenvalue weighted by atomic mass is 35.5. The van der Waals surface area contributed by atoms with Gasteiger partial charge in [-0.2, -0.15) is 0 Å². The molecule has 0 radical (unpaired) electrons. The molecule has 0 aliphatic rings. The van der Waals surface area contributed by atoms with Crippen LogP contribution in [-0.2, 0) is 4.79 Å². The lowest BCUT2D eigenvalue weighted by atomic mass is 10.0. The Morgan fingerprint density at radius 3 is 2.39 bits per heavy atom. The molecule has 1 aromatic heterocycles. The normalized spacial score (nSPS) is 11.7. The quantitative estimate of drug-likeness (QED) is 0.280. The first-order valence-corrected chi connectivity index (χ1v) is 12.3. The number of carbonyl (C=O) groups is 2. The SMILES string of the molecule is CC(C)C[C@@H](COc1ccc(-c2ccc(Cl)cc2Cl)nn1)Nc1ccc(C(=O)NCCC(=O)O)cc1. The zero-order valence-electron chi connectivity index (χ0n) is 20.0. The second kappa shape index (κ2) is 13.1. The minimum absolute atomic E-state index is 0.00701. The highest BCUT2D eigenvalue weighted by Gasteiger charge is 2.14. The number of benzene rings is 2. The van der Waals surface area contributed by atoms with E-state index in [0.717, 1.165) is 17.7 Å². The van der Waals surface area contributed by atoms with Crippen LogP contribution in [0.4, 0.5) is 5.69 Å². The number of carboxylic acids is 1. The number of anilines is 1. The van der Waals surface area contributed by atoms with Gasteiger partial charge < -0.3 is 20.5 Å². The molecule has 0 spiro atoms. The van der Waals surface area contributed by atoms with E-state index in [-0.39, 0.29) is 24.9 Å². The standard InChI is InChI=1S/C26H28Cl2N4O4/c1-16(2)13-20(30-19-6-3-17(4-7-19)26(35)29-12-11-25(33)34)15-36-24-10-9-23(31-32-24)21-8-5-18(27)14-22(21)28/h3-10,14,16,20,30H,11-13,15H2,1-2H3,(H,29,35)(H,33,34)/t20-/m0/s1. The van der Waals surface area contributed by atoms with Crippen molar-refractivity contribution in [1.29, 1.82) is 0 Å². The summed E-state index contributed by atoms with van der Waals surface area (Å²) in [6.07, 6.45) is 0.730. The summed E-state index contributed by atoms with van der Waals surface area (Å²) in [5, 5.41) is 24.2. The first kappa shape index (κ1) is 27.2. The van der Waals surface area contributed by atoms with Crippen molar-refractivity contribution < 1.29 is 19.4 Å². The molecular formula is C26H28Cl2N4O4. The Kier molecular flexibility index (Phi) is 9.90. The minimum Gasteiger partial charge on any atom is -0.481 e. The topological polar surface area (TPSA) is 113 Å².